The third kappa shape index (κ3) is 5.12. The number of pyridine rings is 1. The second-order valence-corrected chi connectivity index (χ2v) is 8.99. The summed E-state index contributed by atoms with van der Waals surface area (Å²) < 4.78 is 11.9. The van der Waals surface area contributed by atoms with Crippen LogP contribution in [0.2, 0.25) is 0 Å². The molecule has 3 rings (SSSR count). The van der Waals surface area contributed by atoms with Crippen LogP contribution >= 0.6 is 11.8 Å². The third-order valence-corrected chi connectivity index (χ3v) is 6.02. The molecule has 0 aliphatic carbocycles. The van der Waals surface area contributed by atoms with Crippen LogP contribution in [0.3, 0.4) is 0 Å². The molecular weight excluding hydrogens is 432 g/mol. The number of carbonyl (C=O) groups excluding carboxylic acids is 3. The molecule has 0 spiro atoms. The predicted molar refractivity (Wildman–Crippen MR) is 121 cm³/mol. The summed E-state index contributed by atoms with van der Waals surface area (Å²) in [5.74, 6) is -0.636. The van der Waals surface area contributed by atoms with Crippen molar-refractivity contribution in [3.05, 3.63) is 34.6 Å². The fraction of sp³-hybridized carbons (Fsp3) is 0.500. The van der Waals surface area contributed by atoms with Gasteiger partial charge in [0.05, 0.1) is 47.7 Å². The molecule has 0 bridgehead atoms. The first-order valence-corrected chi connectivity index (χ1v) is 11.5. The van der Waals surface area contributed by atoms with Gasteiger partial charge < -0.3 is 14.4 Å². The minimum absolute atomic E-state index is 0.0880. The summed E-state index contributed by atoms with van der Waals surface area (Å²) in [6.45, 7) is 8.53. The van der Waals surface area contributed by atoms with Crippen LogP contribution < -0.4 is 0 Å². The number of thioether (sulfide) groups is 1. The van der Waals surface area contributed by atoms with Crippen LogP contribution in [0.1, 0.15) is 62.1 Å². The Kier molecular flexibility index (Phi) is 7.55. The molecule has 1 aliphatic rings. The summed E-state index contributed by atoms with van der Waals surface area (Å²) in [6, 6.07) is 1.87. The number of esters is 2. The largest absolute Gasteiger partial charge is 0.466 e. The number of aromatic nitrogens is 3. The highest BCUT2D eigenvalue weighted by Crippen LogP contribution is 2.29. The van der Waals surface area contributed by atoms with Crippen molar-refractivity contribution >= 4 is 40.6 Å². The Morgan fingerprint density at radius 2 is 2.03 bits per heavy atom. The van der Waals surface area contributed by atoms with E-state index in [4.69, 9.17) is 9.72 Å². The average molecular weight is 461 g/mol. The summed E-state index contributed by atoms with van der Waals surface area (Å²) >= 11 is 1.29. The van der Waals surface area contributed by atoms with Gasteiger partial charge in [0.1, 0.15) is 0 Å². The monoisotopic (exact) mass is 460 g/mol. The van der Waals surface area contributed by atoms with E-state index in [1.54, 1.807) is 16.9 Å². The summed E-state index contributed by atoms with van der Waals surface area (Å²) in [4.78, 5) is 42.7. The first kappa shape index (κ1) is 23.8. The number of hydrogen-bond acceptors (Lipinski definition) is 8. The van der Waals surface area contributed by atoms with Crippen LogP contribution in [0, 0.1) is 0 Å². The maximum atomic E-state index is 12.9. The van der Waals surface area contributed by atoms with Crippen molar-refractivity contribution in [3.63, 3.8) is 0 Å². The number of amides is 1. The molecule has 1 amide bonds. The number of hydrogen-bond donors (Lipinski definition) is 0. The highest BCUT2D eigenvalue weighted by Gasteiger charge is 2.27. The van der Waals surface area contributed by atoms with Crippen molar-refractivity contribution in [1.29, 1.82) is 0 Å². The van der Waals surface area contributed by atoms with Crippen molar-refractivity contribution in [2.45, 2.75) is 46.1 Å². The highest BCUT2D eigenvalue weighted by atomic mass is 32.2. The second kappa shape index (κ2) is 10.2. The summed E-state index contributed by atoms with van der Waals surface area (Å²) in [7, 11) is 1.29. The zero-order chi connectivity index (χ0) is 23.4. The second-order valence-electron chi connectivity index (χ2n) is 8.00. The molecule has 1 saturated heterocycles. The smallest absolute Gasteiger partial charge is 0.339 e. The molecule has 0 atom stereocenters. The van der Waals surface area contributed by atoms with Crippen LogP contribution in [0.4, 0.5) is 0 Å². The van der Waals surface area contributed by atoms with E-state index >= 15 is 0 Å². The number of nitrogens with zero attached hydrogens (tertiary/aromatic N) is 4. The SMILES string of the molecule is COC(=O)/C=C1/SCC(=O)N1CCCOC(=O)c1cc(C(C)C)nc2c1cnn2C(C)C. The van der Waals surface area contributed by atoms with E-state index in [1.165, 1.54) is 29.8 Å². The van der Waals surface area contributed by atoms with Gasteiger partial charge >= 0.3 is 11.9 Å². The molecule has 2 aromatic heterocycles. The molecule has 0 saturated carbocycles. The lowest BCUT2D eigenvalue weighted by molar-refractivity contribution is -0.134. The number of ether oxygens (including phenoxy) is 2. The van der Waals surface area contributed by atoms with E-state index in [0.717, 1.165) is 5.69 Å². The summed E-state index contributed by atoms with van der Waals surface area (Å²) in [5.41, 5.74) is 1.89. The molecule has 10 heteroatoms. The molecular formula is C22H28N4O5S. The van der Waals surface area contributed by atoms with E-state index in [2.05, 4.69) is 9.84 Å². The van der Waals surface area contributed by atoms with Gasteiger partial charge in [-0.25, -0.2) is 19.3 Å². The zero-order valence-electron chi connectivity index (χ0n) is 19.0. The van der Waals surface area contributed by atoms with Crippen molar-refractivity contribution in [1.82, 2.24) is 19.7 Å². The van der Waals surface area contributed by atoms with Crippen LogP contribution in [0.5, 0.6) is 0 Å². The molecule has 0 unspecified atom stereocenters. The summed E-state index contributed by atoms with van der Waals surface area (Å²) in [5, 5.41) is 5.59. The van der Waals surface area contributed by atoms with Gasteiger partial charge in [-0.2, -0.15) is 5.10 Å². The number of fused-ring (bicyclic) bond motifs is 1. The van der Waals surface area contributed by atoms with Gasteiger partial charge in [-0.3, -0.25) is 4.79 Å². The Hall–Kier alpha value is -2.88. The zero-order valence-corrected chi connectivity index (χ0v) is 19.8. The molecule has 172 valence electrons. The van der Waals surface area contributed by atoms with Crippen molar-refractivity contribution in [2.24, 2.45) is 0 Å². The normalized spacial score (nSPS) is 15.4. The van der Waals surface area contributed by atoms with Crippen molar-refractivity contribution in [2.75, 3.05) is 26.0 Å². The van der Waals surface area contributed by atoms with Gasteiger partial charge in [-0.15, -0.1) is 0 Å². The Balaban J connectivity index is 1.69. The van der Waals surface area contributed by atoms with Crippen LogP contribution in [0.15, 0.2) is 23.4 Å². The Bertz CT molecular complexity index is 1060. The summed E-state index contributed by atoms with van der Waals surface area (Å²) in [6.07, 6.45) is 3.38. The molecule has 0 N–H and O–H groups in total. The molecule has 1 fully saturated rings. The fourth-order valence-electron chi connectivity index (χ4n) is 3.27. The minimum atomic E-state index is -0.511. The van der Waals surface area contributed by atoms with Gasteiger partial charge in [0.15, 0.2) is 5.65 Å². The first-order chi connectivity index (χ1) is 15.2. The quantitative estimate of drug-likeness (QED) is 0.336. The molecule has 2 aromatic rings. The van der Waals surface area contributed by atoms with E-state index in [-0.39, 0.29) is 30.2 Å². The highest BCUT2D eigenvalue weighted by molar-refractivity contribution is 8.04. The van der Waals surface area contributed by atoms with E-state index in [0.29, 0.717) is 34.6 Å². The molecule has 1 aliphatic heterocycles. The molecule has 0 radical (unpaired) electrons. The Morgan fingerprint density at radius 3 is 2.69 bits per heavy atom. The standard InChI is InChI=1S/C22H28N4O5S/c1-13(2)17-9-15(16-11-23-26(14(3)4)21(16)24-17)22(29)31-8-6-7-25-18(27)12-32-19(25)10-20(28)30-5/h9-11,13-14H,6-8,12H2,1-5H3/b19-10+. The van der Waals surface area contributed by atoms with E-state index in [1.807, 2.05) is 27.7 Å². The minimum Gasteiger partial charge on any atom is -0.466 e. The van der Waals surface area contributed by atoms with Gasteiger partial charge in [-0.1, -0.05) is 25.6 Å². The lowest BCUT2D eigenvalue weighted by atomic mass is 10.1. The van der Waals surface area contributed by atoms with Crippen LogP contribution in [-0.4, -0.2) is 63.5 Å². The maximum Gasteiger partial charge on any atom is 0.339 e. The maximum absolute atomic E-state index is 12.9. The lowest BCUT2D eigenvalue weighted by Crippen LogP contribution is -2.27. The van der Waals surface area contributed by atoms with Gasteiger partial charge in [0, 0.05) is 18.3 Å². The van der Waals surface area contributed by atoms with E-state index in [9.17, 15) is 14.4 Å². The first-order valence-electron chi connectivity index (χ1n) is 10.5. The predicted octanol–water partition coefficient (Wildman–Crippen LogP) is 3.27. The molecule has 9 nitrogen and oxygen atoms in total. The Morgan fingerprint density at radius 1 is 1.28 bits per heavy atom. The lowest BCUT2D eigenvalue weighted by Gasteiger charge is -2.17. The van der Waals surface area contributed by atoms with Crippen molar-refractivity contribution < 1.29 is 23.9 Å². The van der Waals surface area contributed by atoms with Crippen molar-refractivity contribution in [3.8, 4) is 0 Å². The number of methoxy groups -OCH3 is 1. The third-order valence-electron chi connectivity index (χ3n) is 5.00. The van der Waals surface area contributed by atoms with Gasteiger partial charge in [0.25, 0.3) is 0 Å². The van der Waals surface area contributed by atoms with Gasteiger partial charge in [0.2, 0.25) is 5.91 Å². The number of rotatable bonds is 8. The van der Waals surface area contributed by atoms with Crippen LogP contribution in [-0.2, 0) is 19.1 Å². The molecule has 0 aromatic carbocycles. The Labute approximate surface area is 191 Å². The fourth-order valence-corrected chi connectivity index (χ4v) is 4.23. The van der Waals surface area contributed by atoms with Crippen LogP contribution in [0.25, 0.3) is 11.0 Å². The van der Waals surface area contributed by atoms with E-state index < -0.39 is 11.9 Å². The average Bonchev–Trinajstić information content (AvgIpc) is 3.34. The van der Waals surface area contributed by atoms with Gasteiger partial charge in [-0.05, 0) is 32.3 Å². The molecule has 3 heterocycles. The number of carbonyl (C=O) groups is 3. The molecule has 32 heavy (non-hydrogen) atoms. The topological polar surface area (TPSA) is 104 Å².